The van der Waals surface area contributed by atoms with Crippen LogP contribution in [-0.4, -0.2) is 74.2 Å². The molecule has 0 bridgehead atoms. The molecule has 3 N–H and O–H groups in total. The van der Waals surface area contributed by atoms with E-state index in [4.69, 9.17) is 4.98 Å². The molecular weight excluding hydrogens is 497 g/mol. The molecule has 4 aromatic heterocycles. The second kappa shape index (κ2) is 10.4. The standard InChI is InChI=1S/C28H30FN9O/c1-3-4-5-23(39)32-19-12-18(15-30-16-19)17-13-20-24(21(29)14-17)35-36-25(20)27-33-22-6-7-31-28(26(22)34-27)38-10-8-37(2)9-11-38/h6-7,12-16H,3-5,8-11H2,1-2H3,(H,32,39)(H,33,34)(H,35,36). The molecule has 1 saturated heterocycles. The smallest absolute Gasteiger partial charge is 0.224 e. The summed E-state index contributed by atoms with van der Waals surface area (Å²) in [6.45, 7) is 5.71. The third-order valence-electron chi connectivity index (χ3n) is 7.15. The number of hydrogen-bond donors (Lipinski definition) is 3. The Labute approximate surface area is 224 Å². The van der Waals surface area contributed by atoms with E-state index in [1.807, 2.05) is 19.1 Å². The SMILES string of the molecule is CCCCC(=O)Nc1cncc(-c2cc(F)c3n[nH]c(-c4nc5c(N6CCN(C)CC6)nccc5[nH]4)c3c2)c1. The minimum absolute atomic E-state index is 0.0649. The first-order valence-electron chi connectivity index (χ1n) is 13.2. The number of nitrogens with one attached hydrogen (secondary N) is 3. The van der Waals surface area contributed by atoms with Crippen molar-refractivity contribution in [1.29, 1.82) is 0 Å². The molecule has 1 aliphatic rings. The van der Waals surface area contributed by atoms with E-state index in [2.05, 4.69) is 47.3 Å². The molecular formula is C28H30FN9O. The monoisotopic (exact) mass is 527 g/mol. The van der Waals surface area contributed by atoms with E-state index >= 15 is 4.39 Å². The number of amides is 1. The molecule has 0 atom stereocenters. The lowest BCUT2D eigenvalue weighted by Gasteiger charge is -2.33. The van der Waals surface area contributed by atoms with Crippen molar-refractivity contribution in [2.24, 2.45) is 0 Å². The van der Waals surface area contributed by atoms with E-state index in [9.17, 15) is 4.79 Å². The van der Waals surface area contributed by atoms with Gasteiger partial charge in [-0.3, -0.25) is 14.9 Å². The summed E-state index contributed by atoms with van der Waals surface area (Å²) in [6, 6.07) is 6.98. The molecule has 11 heteroatoms. The molecule has 0 saturated carbocycles. The van der Waals surface area contributed by atoms with Gasteiger partial charge in [-0.2, -0.15) is 5.10 Å². The first-order valence-corrected chi connectivity index (χ1v) is 13.2. The Balaban J connectivity index is 1.36. The number of unbranched alkanes of at least 4 members (excludes halogenated alkanes) is 1. The number of aromatic nitrogens is 6. The summed E-state index contributed by atoms with van der Waals surface area (Å²) in [4.78, 5) is 33.9. The number of halogens is 1. The molecule has 0 unspecified atom stereocenters. The quantitative estimate of drug-likeness (QED) is 0.283. The number of carbonyl (C=O) groups excluding carboxylic acids is 1. The Morgan fingerprint density at radius 2 is 1.95 bits per heavy atom. The number of carbonyl (C=O) groups is 1. The highest BCUT2D eigenvalue weighted by molar-refractivity contribution is 5.97. The van der Waals surface area contributed by atoms with Gasteiger partial charge in [-0.15, -0.1) is 0 Å². The van der Waals surface area contributed by atoms with Gasteiger partial charge in [0.2, 0.25) is 5.91 Å². The number of imidazole rings is 1. The zero-order valence-corrected chi connectivity index (χ0v) is 22.0. The van der Waals surface area contributed by atoms with E-state index in [0.29, 0.717) is 40.1 Å². The van der Waals surface area contributed by atoms with Gasteiger partial charge >= 0.3 is 0 Å². The Morgan fingerprint density at radius 1 is 1.10 bits per heavy atom. The van der Waals surface area contributed by atoms with Crippen LogP contribution in [0, 0.1) is 5.82 Å². The first kappa shape index (κ1) is 24.9. The van der Waals surface area contributed by atoms with Crippen molar-refractivity contribution < 1.29 is 9.18 Å². The van der Waals surface area contributed by atoms with Gasteiger partial charge in [-0.25, -0.2) is 14.4 Å². The minimum atomic E-state index is -0.460. The number of piperazine rings is 1. The fourth-order valence-electron chi connectivity index (χ4n) is 4.94. The number of H-pyrrole nitrogens is 2. The van der Waals surface area contributed by atoms with Crippen molar-refractivity contribution in [2.75, 3.05) is 43.4 Å². The summed E-state index contributed by atoms with van der Waals surface area (Å²) in [5.74, 6) is 0.869. The first-order chi connectivity index (χ1) is 19.0. The van der Waals surface area contributed by atoms with Gasteiger partial charge in [0.1, 0.15) is 16.7 Å². The van der Waals surface area contributed by atoms with Crippen molar-refractivity contribution in [3.05, 3.63) is 48.7 Å². The average molecular weight is 528 g/mol. The van der Waals surface area contributed by atoms with Crippen molar-refractivity contribution in [1.82, 2.24) is 35.0 Å². The third kappa shape index (κ3) is 4.92. The molecule has 1 aromatic carbocycles. The number of benzene rings is 1. The summed E-state index contributed by atoms with van der Waals surface area (Å²) in [5, 5.41) is 10.7. The Bertz CT molecular complexity index is 1650. The van der Waals surface area contributed by atoms with Crippen LogP contribution in [0.1, 0.15) is 26.2 Å². The predicted octanol–water partition coefficient (Wildman–Crippen LogP) is 4.58. The molecule has 0 spiro atoms. The number of pyridine rings is 2. The largest absolute Gasteiger partial charge is 0.352 e. The minimum Gasteiger partial charge on any atom is -0.352 e. The van der Waals surface area contributed by atoms with Crippen LogP contribution in [0.2, 0.25) is 0 Å². The van der Waals surface area contributed by atoms with Gasteiger partial charge in [0.15, 0.2) is 17.5 Å². The van der Waals surface area contributed by atoms with Crippen molar-refractivity contribution in [3.63, 3.8) is 0 Å². The summed E-state index contributed by atoms with van der Waals surface area (Å²) in [5.41, 5.74) is 4.31. The van der Waals surface area contributed by atoms with E-state index < -0.39 is 5.82 Å². The molecule has 1 aliphatic heterocycles. The van der Waals surface area contributed by atoms with Gasteiger partial charge in [0.05, 0.1) is 17.4 Å². The fourth-order valence-corrected chi connectivity index (χ4v) is 4.94. The molecule has 1 fully saturated rings. The molecule has 39 heavy (non-hydrogen) atoms. The van der Waals surface area contributed by atoms with Gasteiger partial charge in [0.25, 0.3) is 0 Å². The van der Waals surface area contributed by atoms with E-state index in [-0.39, 0.29) is 11.4 Å². The van der Waals surface area contributed by atoms with Crippen molar-refractivity contribution in [3.8, 4) is 22.6 Å². The fraction of sp³-hybridized carbons (Fsp3) is 0.321. The van der Waals surface area contributed by atoms with Crippen LogP contribution in [0.15, 0.2) is 42.9 Å². The Hall–Kier alpha value is -4.38. The Morgan fingerprint density at radius 3 is 2.77 bits per heavy atom. The molecule has 5 aromatic rings. The number of rotatable bonds is 7. The maximum atomic E-state index is 15.2. The number of hydrogen-bond acceptors (Lipinski definition) is 7. The predicted molar refractivity (Wildman–Crippen MR) is 150 cm³/mol. The van der Waals surface area contributed by atoms with Gasteiger partial charge in [-0.05, 0) is 43.3 Å². The van der Waals surface area contributed by atoms with Crippen LogP contribution in [0.4, 0.5) is 15.9 Å². The highest BCUT2D eigenvalue weighted by Crippen LogP contribution is 2.34. The number of anilines is 2. The highest BCUT2D eigenvalue weighted by atomic mass is 19.1. The maximum Gasteiger partial charge on any atom is 0.224 e. The van der Waals surface area contributed by atoms with Crippen LogP contribution in [-0.2, 0) is 4.79 Å². The van der Waals surface area contributed by atoms with Gasteiger partial charge < -0.3 is 20.1 Å². The molecule has 0 aliphatic carbocycles. The number of aromatic amines is 2. The van der Waals surface area contributed by atoms with Crippen LogP contribution < -0.4 is 10.2 Å². The lowest BCUT2D eigenvalue weighted by Crippen LogP contribution is -2.44. The second-order valence-electron chi connectivity index (χ2n) is 9.97. The van der Waals surface area contributed by atoms with Crippen molar-refractivity contribution in [2.45, 2.75) is 26.2 Å². The van der Waals surface area contributed by atoms with E-state index in [0.717, 1.165) is 55.9 Å². The molecule has 10 nitrogen and oxygen atoms in total. The van der Waals surface area contributed by atoms with Crippen LogP contribution in [0.3, 0.4) is 0 Å². The zero-order valence-electron chi connectivity index (χ0n) is 22.0. The summed E-state index contributed by atoms with van der Waals surface area (Å²) >= 11 is 0. The van der Waals surface area contributed by atoms with Crippen LogP contribution in [0.25, 0.3) is 44.6 Å². The molecule has 1 amide bonds. The van der Waals surface area contributed by atoms with Gasteiger partial charge in [-0.1, -0.05) is 13.3 Å². The summed E-state index contributed by atoms with van der Waals surface area (Å²) in [6.07, 6.45) is 7.23. The van der Waals surface area contributed by atoms with Gasteiger partial charge in [0, 0.05) is 55.9 Å². The summed E-state index contributed by atoms with van der Waals surface area (Å²) in [7, 11) is 2.12. The topological polar surface area (TPSA) is 119 Å². The van der Waals surface area contributed by atoms with Crippen molar-refractivity contribution >= 4 is 39.3 Å². The lowest BCUT2D eigenvalue weighted by molar-refractivity contribution is -0.116. The highest BCUT2D eigenvalue weighted by Gasteiger charge is 2.22. The molecule has 200 valence electrons. The molecule has 0 radical (unpaired) electrons. The Kier molecular flexibility index (Phi) is 6.65. The average Bonchev–Trinajstić information content (AvgIpc) is 3.57. The maximum absolute atomic E-state index is 15.2. The summed E-state index contributed by atoms with van der Waals surface area (Å²) < 4.78 is 15.2. The second-order valence-corrected chi connectivity index (χ2v) is 9.97. The number of likely N-dealkylation sites (N-methyl/N-ethyl adjacent to an activating group) is 1. The normalized spacial score (nSPS) is 14.4. The van der Waals surface area contributed by atoms with E-state index in [1.54, 1.807) is 24.7 Å². The zero-order chi connectivity index (χ0) is 26.9. The van der Waals surface area contributed by atoms with Crippen LogP contribution >= 0.6 is 0 Å². The lowest BCUT2D eigenvalue weighted by atomic mass is 10.0. The number of fused-ring (bicyclic) bond motifs is 2. The van der Waals surface area contributed by atoms with Crippen LogP contribution in [0.5, 0.6) is 0 Å². The molecule has 6 rings (SSSR count). The van der Waals surface area contributed by atoms with E-state index in [1.165, 1.54) is 6.07 Å². The third-order valence-corrected chi connectivity index (χ3v) is 7.15. The molecule has 5 heterocycles. The number of nitrogens with zero attached hydrogens (tertiary/aromatic N) is 6.